The molecule has 0 aliphatic carbocycles. The summed E-state index contributed by atoms with van der Waals surface area (Å²) in [6.07, 6.45) is 0.630. The van der Waals surface area contributed by atoms with Gasteiger partial charge in [-0.15, -0.1) is 0 Å². The minimum Gasteiger partial charge on any atom is -0.493 e. The average molecular weight is 501 g/mol. The van der Waals surface area contributed by atoms with Crippen molar-refractivity contribution in [2.75, 3.05) is 38.2 Å². The van der Waals surface area contributed by atoms with Crippen LogP contribution in [0.5, 0.6) is 16.7 Å². The first-order chi connectivity index (χ1) is 17.6. The maximum absolute atomic E-state index is 13.3. The van der Waals surface area contributed by atoms with E-state index in [-0.39, 0.29) is 5.91 Å². The first-order valence-electron chi connectivity index (χ1n) is 11.9. The third-order valence-corrected chi connectivity index (χ3v) is 6.92. The van der Waals surface area contributed by atoms with Gasteiger partial charge in [-0.3, -0.25) is 4.79 Å². The molecule has 1 aliphatic rings. The molecule has 0 spiro atoms. The van der Waals surface area contributed by atoms with E-state index in [0.717, 1.165) is 18.7 Å². The summed E-state index contributed by atoms with van der Waals surface area (Å²) < 4.78 is 15.9. The zero-order valence-corrected chi connectivity index (χ0v) is 21.2. The van der Waals surface area contributed by atoms with Gasteiger partial charge in [-0.05, 0) is 42.3 Å². The van der Waals surface area contributed by atoms with Gasteiger partial charge >= 0.3 is 0 Å². The van der Waals surface area contributed by atoms with Gasteiger partial charge in [0.2, 0.25) is 0 Å². The molecular weight excluding hydrogens is 472 g/mol. The maximum Gasteiger partial charge on any atom is 0.298 e. The molecule has 0 bridgehead atoms. The highest BCUT2D eigenvalue weighted by Gasteiger charge is 2.24. The van der Waals surface area contributed by atoms with E-state index in [1.807, 2.05) is 41.3 Å². The number of hydrogen-bond donors (Lipinski definition) is 0. The summed E-state index contributed by atoms with van der Waals surface area (Å²) in [5, 5.41) is 0.413. The fraction of sp³-hybridized carbons (Fsp3) is 0.250. The topological polar surface area (TPSA) is 67.8 Å². The van der Waals surface area contributed by atoms with Crippen molar-refractivity contribution in [2.45, 2.75) is 13.3 Å². The molecule has 1 aliphatic heterocycles. The summed E-state index contributed by atoms with van der Waals surface area (Å²) in [5.74, 6) is 1.66. The van der Waals surface area contributed by atoms with E-state index < -0.39 is 0 Å². The predicted molar refractivity (Wildman–Crippen MR) is 142 cm³/mol. The third kappa shape index (κ3) is 5.33. The van der Waals surface area contributed by atoms with Gasteiger partial charge in [0.15, 0.2) is 17.3 Å². The SMILES string of the molecule is COc1ccc(C(=O)N2CCN(c3ccccc3C)CC2)cc1Oc1nc(Cc2ccccc2)ns1. The van der Waals surface area contributed by atoms with Crippen LogP contribution in [0.1, 0.15) is 27.3 Å². The number of methoxy groups -OCH3 is 1. The highest BCUT2D eigenvalue weighted by Crippen LogP contribution is 2.34. The molecule has 184 valence electrons. The van der Waals surface area contributed by atoms with Crippen molar-refractivity contribution in [3.63, 3.8) is 0 Å². The molecule has 7 nitrogen and oxygen atoms in total. The minimum absolute atomic E-state index is 0.0195. The number of anilines is 1. The minimum atomic E-state index is -0.0195. The first-order valence-corrected chi connectivity index (χ1v) is 12.7. The molecular formula is C28H28N4O3S. The fourth-order valence-corrected chi connectivity index (χ4v) is 4.93. The number of amides is 1. The lowest BCUT2D eigenvalue weighted by atomic mass is 10.1. The molecule has 36 heavy (non-hydrogen) atoms. The van der Waals surface area contributed by atoms with Gasteiger partial charge in [-0.25, -0.2) is 0 Å². The molecule has 1 fully saturated rings. The number of hydrogen-bond acceptors (Lipinski definition) is 7. The quantitative estimate of drug-likeness (QED) is 0.347. The van der Waals surface area contributed by atoms with E-state index in [4.69, 9.17) is 9.47 Å². The van der Waals surface area contributed by atoms with E-state index in [1.54, 1.807) is 25.3 Å². The number of benzene rings is 3. The van der Waals surface area contributed by atoms with Crippen LogP contribution in [0.25, 0.3) is 0 Å². The lowest BCUT2D eigenvalue weighted by molar-refractivity contribution is 0.0746. The van der Waals surface area contributed by atoms with Crippen LogP contribution in [0.2, 0.25) is 0 Å². The van der Waals surface area contributed by atoms with Gasteiger partial charge in [-0.2, -0.15) is 9.36 Å². The number of aryl methyl sites for hydroxylation is 1. The van der Waals surface area contributed by atoms with E-state index in [9.17, 15) is 4.79 Å². The Labute approximate surface area is 215 Å². The second-order valence-corrected chi connectivity index (χ2v) is 9.39. The number of carbonyl (C=O) groups excluding carboxylic acids is 1. The molecule has 4 aromatic rings. The van der Waals surface area contributed by atoms with E-state index >= 15 is 0 Å². The highest BCUT2D eigenvalue weighted by atomic mass is 32.1. The number of carbonyl (C=O) groups is 1. The molecule has 0 radical (unpaired) electrons. The van der Waals surface area contributed by atoms with Crippen LogP contribution in [0, 0.1) is 6.92 Å². The van der Waals surface area contributed by atoms with Gasteiger partial charge in [0.05, 0.1) is 7.11 Å². The molecule has 0 N–H and O–H groups in total. The zero-order valence-electron chi connectivity index (χ0n) is 20.4. The fourth-order valence-electron chi connectivity index (χ4n) is 4.36. The predicted octanol–water partition coefficient (Wildman–Crippen LogP) is 5.20. The van der Waals surface area contributed by atoms with Gasteiger partial charge in [0.25, 0.3) is 11.1 Å². The summed E-state index contributed by atoms with van der Waals surface area (Å²) >= 11 is 1.18. The van der Waals surface area contributed by atoms with Crippen molar-refractivity contribution in [1.82, 2.24) is 14.3 Å². The standard InChI is InChI=1S/C28H28N4O3S/c1-20-8-6-7-11-23(20)31-14-16-32(17-15-31)27(33)22-12-13-24(34-2)25(19-22)35-28-29-26(30-36-28)18-21-9-4-3-5-10-21/h3-13,19H,14-18H2,1-2H3. The van der Waals surface area contributed by atoms with Crippen LogP contribution in [-0.2, 0) is 6.42 Å². The molecule has 0 atom stereocenters. The van der Waals surface area contributed by atoms with E-state index in [2.05, 4.69) is 39.4 Å². The van der Waals surface area contributed by atoms with Crippen molar-refractivity contribution in [3.05, 3.63) is 95.3 Å². The van der Waals surface area contributed by atoms with Crippen LogP contribution < -0.4 is 14.4 Å². The average Bonchev–Trinajstić information content (AvgIpc) is 3.35. The molecule has 8 heteroatoms. The monoisotopic (exact) mass is 500 g/mol. The summed E-state index contributed by atoms with van der Waals surface area (Å²) in [6, 6.07) is 23.7. The van der Waals surface area contributed by atoms with Gasteiger partial charge < -0.3 is 19.3 Å². The summed E-state index contributed by atoms with van der Waals surface area (Å²) in [4.78, 5) is 22.1. The zero-order chi connectivity index (χ0) is 24.9. The lowest BCUT2D eigenvalue weighted by Gasteiger charge is -2.36. The number of nitrogens with zero attached hydrogens (tertiary/aromatic N) is 4. The Morgan fingerprint density at radius 2 is 1.69 bits per heavy atom. The molecule has 0 saturated carbocycles. The largest absolute Gasteiger partial charge is 0.493 e. The Morgan fingerprint density at radius 3 is 2.44 bits per heavy atom. The van der Waals surface area contributed by atoms with Crippen molar-refractivity contribution >= 4 is 23.1 Å². The van der Waals surface area contributed by atoms with Crippen molar-refractivity contribution in [1.29, 1.82) is 0 Å². The Hall–Kier alpha value is -3.91. The molecule has 3 aromatic carbocycles. The van der Waals surface area contributed by atoms with Crippen LogP contribution >= 0.6 is 11.5 Å². The van der Waals surface area contributed by atoms with Crippen molar-refractivity contribution in [2.24, 2.45) is 0 Å². The molecule has 1 amide bonds. The van der Waals surface area contributed by atoms with Crippen LogP contribution in [0.3, 0.4) is 0 Å². The number of para-hydroxylation sites is 1. The third-order valence-electron chi connectivity index (χ3n) is 6.29. The molecule has 1 aromatic heterocycles. The van der Waals surface area contributed by atoms with E-state index in [0.29, 0.717) is 47.6 Å². The lowest BCUT2D eigenvalue weighted by Crippen LogP contribution is -2.49. The number of aromatic nitrogens is 2. The van der Waals surface area contributed by atoms with Gasteiger partial charge in [-0.1, -0.05) is 48.5 Å². The number of piperazine rings is 1. The second-order valence-electron chi connectivity index (χ2n) is 8.67. The smallest absolute Gasteiger partial charge is 0.298 e. The van der Waals surface area contributed by atoms with Crippen LogP contribution in [0.15, 0.2) is 72.8 Å². The summed E-state index contributed by atoms with van der Waals surface area (Å²) in [7, 11) is 1.58. The van der Waals surface area contributed by atoms with Gasteiger partial charge in [0.1, 0.15) is 0 Å². The van der Waals surface area contributed by atoms with Crippen LogP contribution in [-0.4, -0.2) is 53.5 Å². The molecule has 5 rings (SSSR count). The van der Waals surface area contributed by atoms with Crippen molar-refractivity contribution < 1.29 is 14.3 Å². The summed E-state index contributed by atoms with van der Waals surface area (Å²) in [6.45, 7) is 5.04. The van der Waals surface area contributed by atoms with Gasteiger partial charge in [0, 0.05) is 55.4 Å². The number of rotatable bonds is 7. The first kappa shape index (κ1) is 23.8. The number of ether oxygens (including phenoxy) is 2. The molecule has 1 saturated heterocycles. The second kappa shape index (κ2) is 10.8. The summed E-state index contributed by atoms with van der Waals surface area (Å²) in [5.41, 5.74) is 4.17. The Balaban J connectivity index is 1.26. The highest BCUT2D eigenvalue weighted by molar-refractivity contribution is 7.07. The molecule has 0 unspecified atom stereocenters. The van der Waals surface area contributed by atoms with Crippen molar-refractivity contribution in [3.8, 4) is 16.7 Å². The molecule has 2 heterocycles. The van der Waals surface area contributed by atoms with E-state index in [1.165, 1.54) is 22.8 Å². The maximum atomic E-state index is 13.3. The Kier molecular flexibility index (Phi) is 7.13. The van der Waals surface area contributed by atoms with Crippen LogP contribution in [0.4, 0.5) is 5.69 Å². The Bertz CT molecular complexity index is 1330. The Morgan fingerprint density at radius 1 is 0.944 bits per heavy atom. The normalized spacial score (nSPS) is 13.5.